The monoisotopic (exact) mass is 288 g/mol. The molecule has 0 radical (unpaired) electrons. The van der Waals surface area contributed by atoms with Crippen LogP contribution in [0.3, 0.4) is 0 Å². The highest BCUT2D eigenvalue weighted by Gasteiger charge is 2.44. The molecular weight excluding hydrogens is 268 g/mol. The zero-order chi connectivity index (χ0) is 13.9. The summed E-state index contributed by atoms with van der Waals surface area (Å²) in [6, 6.07) is 2.19. The van der Waals surface area contributed by atoms with Gasteiger partial charge < -0.3 is 9.52 Å². The topological polar surface area (TPSA) is 33.4 Å². The van der Waals surface area contributed by atoms with Crippen LogP contribution in [0.15, 0.2) is 27.0 Å². The predicted octanol–water partition coefficient (Wildman–Crippen LogP) is 4.08. The van der Waals surface area contributed by atoms with Gasteiger partial charge in [0.1, 0.15) is 11.5 Å². The normalized spacial score (nSPS) is 32.4. The van der Waals surface area contributed by atoms with Crippen LogP contribution < -0.4 is 0 Å². The van der Waals surface area contributed by atoms with E-state index < -0.39 is 0 Å². The first kappa shape index (κ1) is 12.8. The maximum Gasteiger partial charge on any atom is 0.111 e. The molecule has 0 saturated carbocycles. The summed E-state index contributed by atoms with van der Waals surface area (Å²) in [7, 11) is 0. The van der Waals surface area contributed by atoms with Crippen molar-refractivity contribution >= 4 is 17.3 Å². The van der Waals surface area contributed by atoms with Crippen molar-refractivity contribution in [2.45, 2.75) is 45.6 Å². The van der Waals surface area contributed by atoms with E-state index in [1.54, 1.807) is 11.8 Å². The summed E-state index contributed by atoms with van der Waals surface area (Å²) < 4.78 is 5.83. The van der Waals surface area contributed by atoms with Crippen LogP contribution in [0.1, 0.15) is 43.3 Å². The first-order valence-corrected chi connectivity index (χ1v) is 8.47. The maximum absolute atomic E-state index is 10.5. The van der Waals surface area contributed by atoms with Gasteiger partial charge in [0.2, 0.25) is 0 Å². The lowest BCUT2D eigenvalue weighted by molar-refractivity contribution is 0.0753. The summed E-state index contributed by atoms with van der Waals surface area (Å²) in [5.74, 6) is 3.01. The van der Waals surface area contributed by atoms with Crippen LogP contribution in [-0.2, 0) is 6.42 Å². The molecule has 1 aromatic rings. The molecule has 106 valence electrons. The molecule has 3 heteroatoms. The molecule has 0 fully saturated rings. The third-order valence-electron chi connectivity index (χ3n) is 5.25. The van der Waals surface area contributed by atoms with E-state index in [1.807, 2.05) is 6.92 Å². The second kappa shape index (κ2) is 4.28. The van der Waals surface area contributed by atoms with Crippen molar-refractivity contribution in [2.24, 2.45) is 5.41 Å². The van der Waals surface area contributed by atoms with Gasteiger partial charge in [0, 0.05) is 23.2 Å². The number of aliphatic hydroxyl groups is 1. The molecule has 1 aromatic heterocycles. The fourth-order valence-electron chi connectivity index (χ4n) is 3.96. The van der Waals surface area contributed by atoms with Crippen LogP contribution in [0.4, 0.5) is 0 Å². The predicted molar refractivity (Wildman–Crippen MR) is 82.6 cm³/mol. The van der Waals surface area contributed by atoms with Gasteiger partial charge in [0.25, 0.3) is 0 Å². The van der Waals surface area contributed by atoms with Gasteiger partial charge in [-0.05, 0) is 54.4 Å². The van der Waals surface area contributed by atoms with Gasteiger partial charge >= 0.3 is 0 Å². The molecule has 2 nitrogen and oxygen atoms in total. The van der Waals surface area contributed by atoms with Gasteiger partial charge in [-0.25, -0.2) is 0 Å². The Balaban J connectivity index is 1.88. The molecule has 0 amide bonds. The van der Waals surface area contributed by atoms with E-state index in [0.717, 1.165) is 43.0 Å². The van der Waals surface area contributed by atoms with Crippen molar-refractivity contribution < 1.29 is 9.52 Å². The third-order valence-corrected chi connectivity index (χ3v) is 6.16. The molecule has 2 heterocycles. The van der Waals surface area contributed by atoms with Crippen molar-refractivity contribution in [3.63, 3.8) is 0 Å². The fourth-order valence-corrected chi connectivity index (χ4v) is 5.19. The summed E-state index contributed by atoms with van der Waals surface area (Å²) in [6.07, 6.45) is 3.95. The molecule has 4 rings (SSSR count). The van der Waals surface area contributed by atoms with E-state index in [2.05, 4.69) is 18.4 Å². The Morgan fingerprint density at radius 1 is 1.30 bits per heavy atom. The number of fused-ring (bicyclic) bond motifs is 4. The Hall–Kier alpha value is -0.930. The zero-order valence-corrected chi connectivity index (χ0v) is 12.8. The van der Waals surface area contributed by atoms with Gasteiger partial charge in [-0.1, -0.05) is 6.92 Å². The Morgan fingerprint density at radius 2 is 2.15 bits per heavy atom. The minimum atomic E-state index is -0.214. The fraction of sp³-hybridized carbons (Fsp3) is 0.529. The number of furan rings is 1. The van der Waals surface area contributed by atoms with E-state index >= 15 is 0 Å². The number of thioether (sulfide) groups is 1. The third kappa shape index (κ3) is 1.63. The second-order valence-electron chi connectivity index (χ2n) is 6.45. The minimum absolute atomic E-state index is 0.0413. The van der Waals surface area contributed by atoms with E-state index in [1.165, 1.54) is 22.3 Å². The number of allylic oxidation sites excluding steroid dienone is 2. The molecule has 1 N–H and O–H groups in total. The SMILES string of the molecule is Cc1cc2c(o1)CCC1=C2CCC2(C)C1=CSCC2O. The second-order valence-corrected chi connectivity index (χ2v) is 7.35. The number of aryl methyl sites for hydroxylation is 2. The van der Waals surface area contributed by atoms with Crippen molar-refractivity contribution in [2.75, 3.05) is 5.75 Å². The summed E-state index contributed by atoms with van der Waals surface area (Å²) >= 11 is 1.76. The molecule has 2 unspecified atom stereocenters. The highest BCUT2D eigenvalue weighted by Crippen LogP contribution is 2.54. The van der Waals surface area contributed by atoms with Crippen molar-refractivity contribution in [3.8, 4) is 0 Å². The molecule has 0 bridgehead atoms. The molecule has 0 saturated heterocycles. The molecule has 1 aliphatic heterocycles. The molecule has 3 aliphatic rings. The largest absolute Gasteiger partial charge is 0.466 e. The van der Waals surface area contributed by atoms with Crippen molar-refractivity contribution in [1.29, 1.82) is 0 Å². The Bertz CT molecular complexity index is 637. The molecule has 2 atom stereocenters. The van der Waals surface area contributed by atoms with Crippen LogP contribution in [0, 0.1) is 12.3 Å². The van der Waals surface area contributed by atoms with Crippen molar-refractivity contribution in [3.05, 3.63) is 39.7 Å². The van der Waals surface area contributed by atoms with Crippen LogP contribution in [-0.4, -0.2) is 17.0 Å². The van der Waals surface area contributed by atoms with E-state index in [0.29, 0.717) is 0 Å². The summed E-state index contributed by atoms with van der Waals surface area (Å²) in [4.78, 5) is 0. The van der Waals surface area contributed by atoms with Crippen molar-refractivity contribution in [1.82, 2.24) is 0 Å². The quantitative estimate of drug-likeness (QED) is 0.781. The summed E-state index contributed by atoms with van der Waals surface area (Å²) in [5.41, 5.74) is 5.64. The zero-order valence-electron chi connectivity index (χ0n) is 12.0. The highest BCUT2D eigenvalue weighted by atomic mass is 32.2. The van der Waals surface area contributed by atoms with Crippen LogP contribution in [0.25, 0.3) is 5.57 Å². The van der Waals surface area contributed by atoms with Gasteiger partial charge in [-0.2, -0.15) is 0 Å². The molecular formula is C17H20O2S. The standard InChI is InChI=1S/C17H20O2S/c1-10-7-13-11-5-6-17(2)14(8-20-9-16(17)18)12(11)3-4-15(13)19-10/h7-8,16,18H,3-6,9H2,1-2H3. The average molecular weight is 288 g/mol. The van der Waals surface area contributed by atoms with Crippen LogP contribution in [0.2, 0.25) is 0 Å². The van der Waals surface area contributed by atoms with Gasteiger partial charge in [-0.15, -0.1) is 11.8 Å². The number of hydrogen-bond donors (Lipinski definition) is 1. The summed E-state index contributed by atoms with van der Waals surface area (Å²) in [5, 5.41) is 12.8. The number of rotatable bonds is 0. The first-order chi connectivity index (χ1) is 9.59. The van der Waals surface area contributed by atoms with E-state index in [4.69, 9.17) is 4.42 Å². The lowest BCUT2D eigenvalue weighted by Gasteiger charge is -2.45. The Kier molecular flexibility index (Phi) is 2.74. The Morgan fingerprint density at radius 3 is 3.00 bits per heavy atom. The number of aliphatic hydroxyl groups excluding tert-OH is 1. The molecule has 0 aromatic carbocycles. The Labute approximate surface area is 123 Å². The van der Waals surface area contributed by atoms with Crippen LogP contribution in [0.5, 0.6) is 0 Å². The summed E-state index contributed by atoms with van der Waals surface area (Å²) in [6.45, 7) is 4.27. The van der Waals surface area contributed by atoms with Gasteiger partial charge in [-0.3, -0.25) is 0 Å². The maximum atomic E-state index is 10.5. The van der Waals surface area contributed by atoms with Gasteiger partial charge in [0.15, 0.2) is 0 Å². The lowest BCUT2D eigenvalue weighted by atomic mass is 9.64. The van der Waals surface area contributed by atoms with Gasteiger partial charge in [0.05, 0.1) is 6.10 Å². The highest BCUT2D eigenvalue weighted by molar-refractivity contribution is 8.02. The first-order valence-electron chi connectivity index (χ1n) is 7.42. The number of hydrogen-bond acceptors (Lipinski definition) is 3. The molecule has 0 spiro atoms. The minimum Gasteiger partial charge on any atom is -0.466 e. The molecule has 2 aliphatic carbocycles. The smallest absolute Gasteiger partial charge is 0.111 e. The average Bonchev–Trinajstić information content (AvgIpc) is 2.80. The lowest BCUT2D eigenvalue weighted by Crippen LogP contribution is -2.41. The van der Waals surface area contributed by atoms with Crippen LogP contribution >= 0.6 is 11.8 Å². The van der Waals surface area contributed by atoms with E-state index in [-0.39, 0.29) is 11.5 Å². The molecule has 20 heavy (non-hydrogen) atoms. The van der Waals surface area contributed by atoms with E-state index in [9.17, 15) is 5.11 Å².